The van der Waals surface area contributed by atoms with Crippen LogP contribution in [0.15, 0.2) is 18.2 Å². The van der Waals surface area contributed by atoms with Gasteiger partial charge in [0, 0.05) is 23.4 Å². The fourth-order valence-corrected chi connectivity index (χ4v) is 2.69. The van der Waals surface area contributed by atoms with Gasteiger partial charge in [-0.1, -0.05) is 6.07 Å². The summed E-state index contributed by atoms with van der Waals surface area (Å²) in [6.07, 6.45) is -2.17. The normalized spacial score (nSPS) is 26.9. The van der Waals surface area contributed by atoms with Gasteiger partial charge in [0.25, 0.3) is 23.5 Å². The number of aliphatic hydroxyl groups excluding tert-OH is 1. The maximum Gasteiger partial charge on any atom is 0.289 e. The predicted molar refractivity (Wildman–Crippen MR) is 70.8 cm³/mol. The van der Waals surface area contributed by atoms with E-state index in [0.29, 0.717) is 11.3 Å². The number of hydrogen-bond acceptors (Lipinski definition) is 7. The molecule has 22 heavy (non-hydrogen) atoms. The largest absolute Gasteiger partial charge is 0.398 e. The Morgan fingerprint density at radius 3 is 2.59 bits per heavy atom. The first kappa shape index (κ1) is 14.4. The van der Waals surface area contributed by atoms with E-state index in [1.54, 1.807) is 17.4 Å². The lowest BCUT2D eigenvalue weighted by molar-refractivity contribution is -0.237. The van der Waals surface area contributed by atoms with Crippen molar-refractivity contribution >= 4 is 23.4 Å². The molecule has 2 unspecified atom stereocenters. The Morgan fingerprint density at radius 1 is 1.27 bits per heavy atom. The van der Waals surface area contributed by atoms with Gasteiger partial charge in [-0.05, 0) is 12.1 Å². The molecule has 9 heteroatoms. The summed E-state index contributed by atoms with van der Waals surface area (Å²) >= 11 is 0. The van der Waals surface area contributed by atoms with Crippen molar-refractivity contribution in [2.75, 3.05) is 5.73 Å². The third-order valence-electron chi connectivity index (χ3n) is 3.92. The molecule has 9 nitrogen and oxygen atoms in total. The first-order chi connectivity index (χ1) is 10.2. The smallest absolute Gasteiger partial charge is 0.289 e. The highest BCUT2D eigenvalue weighted by Crippen LogP contribution is 2.32. The minimum absolute atomic E-state index is 0.0831. The number of piperidine rings is 1. The molecule has 1 fully saturated rings. The molecule has 0 aromatic heterocycles. The molecule has 3 amide bonds. The maximum atomic E-state index is 12.4. The van der Waals surface area contributed by atoms with Crippen LogP contribution in [0.4, 0.5) is 5.69 Å². The highest BCUT2D eigenvalue weighted by atomic mass is 16.5. The number of rotatable bonds is 1. The van der Waals surface area contributed by atoms with Crippen molar-refractivity contribution < 1.29 is 29.7 Å². The average Bonchev–Trinajstić information content (AvgIpc) is 2.77. The standard InChI is InChI=1S/C13H13N3O6/c14-7-3-1-2-5-6(7)4-16(11(5)19)8-9(17)13(21,22)12(20)15-10(8)18/h1-3,8-9,17,21-22H,4,14H2,(H,15,18,20). The number of carbonyl (C=O) groups is 3. The summed E-state index contributed by atoms with van der Waals surface area (Å²) in [6, 6.07) is 3.04. The molecular formula is C13H13N3O6. The van der Waals surface area contributed by atoms with Crippen LogP contribution in [0.5, 0.6) is 0 Å². The van der Waals surface area contributed by atoms with Crippen LogP contribution < -0.4 is 11.1 Å². The molecule has 0 aliphatic carbocycles. The molecule has 1 saturated heterocycles. The van der Waals surface area contributed by atoms with Crippen LogP contribution in [0.25, 0.3) is 0 Å². The van der Waals surface area contributed by atoms with Crippen molar-refractivity contribution in [2.45, 2.75) is 24.5 Å². The van der Waals surface area contributed by atoms with Crippen LogP contribution >= 0.6 is 0 Å². The predicted octanol–water partition coefficient (Wildman–Crippen LogP) is -2.71. The van der Waals surface area contributed by atoms with E-state index in [4.69, 9.17) is 5.73 Å². The summed E-state index contributed by atoms with van der Waals surface area (Å²) in [5.41, 5.74) is 6.86. The summed E-state index contributed by atoms with van der Waals surface area (Å²) < 4.78 is 0. The lowest BCUT2D eigenvalue weighted by atomic mass is 9.95. The highest BCUT2D eigenvalue weighted by molar-refractivity contribution is 6.08. The molecule has 0 spiro atoms. The average molecular weight is 307 g/mol. The number of nitrogens with one attached hydrogen (secondary N) is 1. The van der Waals surface area contributed by atoms with Gasteiger partial charge in [-0.3, -0.25) is 19.7 Å². The number of carbonyl (C=O) groups excluding carboxylic acids is 3. The SMILES string of the molecule is Nc1cccc2c1CN(C1C(=O)NC(=O)C(O)(O)C1O)C2=O. The van der Waals surface area contributed by atoms with Crippen LogP contribution in [-0.2, 0) is 16.1 Å². The summed E-state index contributed by atoms with van der Waals surface area (Å²) in [7, 11) is 0. The second-order valence-electron chi connectivity index (χ2n) is 5.24. The molecular weight excluding hydrogens is 294 g/mol. The van der Waals surface area contributed by atoms with E-state index < -0.39 is 35.7 Å². The quantitative estimate of drug-likeness (QED) is 0.215. The molecule has 2 atom stereocenters. The van der Waals surface area contributed by atoms with Gasteiger partial charge in [0.1, 0.15) is 12.1 Å². The lowest BCUT2D eigenvalue weighted by Crippen LogP contribution is -2.72. The number of benzene rings is 1. The number of fused-ring (bicyclic) bond motifs is 1. The van der Waals surface area contributed by atoms with Crippen LogP contribution in [0.3, 0.4) is 0 Å². The van der Waals surface area contributed by atoms with E-state index in [2.05, 4.69) is 0 Å². The Labute approximate surface area is 123 Å². The Morgan fingerprint density at radius 2 is 1.95 bits per heavy atom. The molecule has 2 aliphatic heterocycles. The van der Waals surface area contributed by atoms with E-state index in [0.717, 1.165) is 4.90 Å². The van der Waals surface area contributed by atoms with Gasteiger partial charge in [-0.15, -0.1) is 0 Å². The van der Waals surface area contributed by atoms with Crippen molar-refractivity contribution in [1.29, 1.82) is 0 Å². The first-order valence-corrected chi connectivity index (χ1v) is 6.41. The monoisotopic (exact) mass is 307 g/mol. The zero-order valence-corrected chi connectivity index (χ0v) is 11.2. The van der Waals surface area contributed by atoms with Crippen molar-refractivity contribution in [3.05, 3.63) is 29.3 Å². The van der Waals surface area contributed by atoms with Crippen LogP contribution in [0.1, 0.15) is 15.9 Å². The van der Waals surface area contributed by atoms with Gasteiger partial charge < -0.3 is 26.0 Å². The number of nitrogens with zero attached hydrogens (tertiary/aromatic N) is 1. The number of aliphatic hydroxyl groups is 3. The number of amides is 3. The van der Waals surface area contributed by atoms with E-state index >= 15 is 0 Å². The molecule has 1 aromatic rings. The molecule has 1 aromatic carbocycles. The molecule has 2 aliphatic rings. The van der Waals surface area contributed by atoms with E-state index in [1.165, 1.54) is 6.07 Å². The maximum absolute atomic E-state index is 12.4. The number of nitrogens with two attached hydrogens (primary N) is 1. The third kappa shape index (κ3) is 1.80. The zero-order valence-electron chi connectivity index (χ0n) is 11.2. The third-order valence-corrected chi connectivity index (χ3v) is 3.92. The number of imide groups is 1. The van der Waals surface area contributed by atoms with E-state index in [-0.39, 0.29) is 12.1 Å². The minimum Gasteiger partial charge on any atom is -0.398 e. The molecule has 6 N–H and O–H groups in total. The summed E-state index contributed by atoms with van der Waals surface area (Å²) in [5.74, 6) is -6.19. The van der Waals surface area contributed by atoms with Crippen LogP contribution in [-0.4, -0.2) is 55.9 Å². The fraction of sp³-hybridized carbons (Fsp3) is 0.308. The van der Waals surface area contributed by atoms with Gasteiger partial charge in [-0.2, -0.15) is 0 Å². The topological polar surface area (TPSA) is 153 Å². The Kier molecular flexibility index (Phi) is 2.96. The summed E-state index contributed by atoms with van der Waals surface area (Å²) in [5, 5.41) is 30.9. The van der Waals surface area contributed by atoms with Gasteiger partial charge in [0.05, 0.1) is 0 Å². The molecule has 3 rings (SSSR count). The van der Waals surface area contributed by atoms with Gasteiger partial charge in [0.2, 0.25) is 0 Å². The number of hydrogen-bond donors (Lipinski definition) is 5. The second-order valence-corrected chi connectivity index (χ2v) is 5.24. The molecule has 0 radical (unpaired) electrons. The number of anilines is 1. The highest BCUT2D eigenvalue weighted by Gasteiger charge is 2.56. The Balaban J connectivity index is 1.99. The second kappa shape index (κ2) is 4.50. The van der Waals surface area contributed by atoms with Crippen molar-refractivity contribution in [1.82, 2.24) is 10.2 Å². The molecule has 116 valence electrons. The van der Waals surface area contributed by atoms with Crippen molar-refractivity contribution in [3.8, 4) is 0 Å². The van der Waals surface area contributed by atoms with Gasteiger partial charge >= 0.3 is 0 Å². The van der Waals surface area contributed by atoms with Crippen LogP contribution in [0.2, 0.25) is 0 Å². The minimum atomic E-state index is -3.17. The van der Waals surface area contributed by atoms with Gasteiger partial charge in [-0.25, -0.2) is 0 Å². The van der Waals surface area contributed by atoms with Crippen LogP contribution in [0, 0.1) is 0 Å². The lowest BCUT2D eigenvalue weighted by Gasteiger charge is -2.39. The zero-order chi connectivity index (χ0) is 16.2. The fourth-order valence-electron chi connectivity index (χ4n) is 2.69. The summed E-state index contributed by atoms with van der Waals surface area (Å²) in [4.78, 5) is 36.6. The van der Waals surface area contributed by atoms with E-state index in [9.17, 15) is 29.7 Å². The van der Waals surface area contributed by atoms with E-state index in [1.807, 2.05) is 0 Å². The molecule has 0 saturated carbocycles. The van der Waals surface area contributed by atoms with Crippen molar-refractivity contribution in [3.63, 3.8) is 0 Å². The number of nitrogen functional groups attached to an aromatic ring is 1. The van der Waals surface area contributed by atoms with Crippen molar-refractivity contribution in [2.24, 2.45) is 0 Å². The first-order valence-electron chi connectivity index (χ1n) is 6.41. The molecule has 2 heterocycles. The summed E-state index contributed by atoms with van der Waals surface area (Å²) in [6.45, 7) is -0.0831. The Bertz CT molecular complexity index is 701. The van der Waals surface area contributed by atoms with Gasteiger partial charge in [0.15, 0.2) is 0 Å². The molecule has 0 bridgehead atoms. The Hall–Kier alpha value is -2.49.